The lowest BCUT2D eigenvalue weighted by Gasteiger charge is -2.14. The maximum absolute atomic E-state index is 5.56. The lowest BCUT2D eigenvalue weighted by atomic mass is 10.1. The average Bonchev–Trinajstić information content (AvgIpc) is 2.93. The molecule has 0 saturated carbocycles. The maximum atomic E-state index is 5.56. The molecule has 0 aliphatic heterocycles. The number of pyridine rings is 1. The molecule has 2 aromatic heterocycles. The lowest BCUT2D eigenvalue weighted by Crippen LogP contribution is -2.21. The zero-order chi connectivity index (χ0) is 14.2. The summed E-state index contributed by atoms with van der Waals surface area (Å²) in [5.41, 5.74) is 2.35. The fourth-order valence-corrected chi connectivity index (χ4v) is 2.85. The molecule has 2 heterocycles. The molecule has 0 aromatic carbocycles. The zero-order valence-corrected chi connectivity index (χ0v) is 13.2. The Morgan fingerprint density at radius 3 is 3.05 bits per heavy atom. The largest absolute Gasteiger partial charge is 0.381 e. The molecule has 0 fully saturated rings. The van der Waals surface area contributed by atoms with E-state index < -0.39 is 0 Å². The topological polar surface area (TPSA) is 34.1 Å². The summed E-state index contributed by atoms with van der Waals surface area (Å²) in [4.78, 5) is 4.49. The number of hydrogen-bond donors (Lipinski definition) is 1. The summed E-state index contributed by atoms with van der Waals surface area (Å²) >= 11 is 1.75. The molecule has 1 N–H and O–H groups in total. The van der Waals surface area contributed by atoms with Gasteiger partial charge in [0.25, 0.3) is 0 Å². The summed E-state index contributed by atoms with van der Waals surface area (Å²) in [6.07, 6.45) is 5.40. The minimum Gasteiger partial charge on any atom is -0.381 e. The van der Waals surface area contributed by atoms with Gasteiger partial charge in [-0.3, -0.25) is 4.98 Å². The molecule has 0 saturated heterocycles. The number of rotatable bonds is 9. The van der Waals surface area contributed by atoms with Crippen molar-refractivity contribution in [3.8, 4) is 0 Å². The lowest BCUT2D eigenvalue weighted by molar-refractivity contribution is 0.128. The van der Waals surface area contributed by atoms with Gasteiger partial charge < -0.3 is 10.1 Å². The molecule has 0 amide bonds. The summed E-state index contributed by atoms with van der Waals surface area (Å²) in [7, 11) is 0. The molecule has 3 nitrogen and oxygen atoms in total. The Balaban J connectivity index is 1.70. The highest BCUT2D eigenvalue weighted by Gasteiger charge is 2.06. The van der Waals surface area contributed by atoms with Crippen molar-refractivity contribution < 1.29 is 4.74 Å². The van der Waals surface area contributed by atoms with Gasteiger partial charge in [0, 0.05) is 25.5 Å². The van der Waals surface area contributed by atoms with Crippen molar-refractivity contribution in [2.75, 3.05) is 19.8 Å². The second-order valence-corrected chi connectivity index (χ2v) is 6.02. The van der Waals surface area contributed by atoms with Crippen LogP contribution in [0.25, 0.3) is 10.2 Å². The Hall–Kier alpha value is -0.970. The molecule has 4 heteroatoms. The van der Waals surface area contributed by atoms with E-state index in [1.807, 2.05) is 6.20 Å². The van der Waals surface area contributed by atoms with Gasteiger partial charge in [-0.05, 0) is 49.4 Å². The van der Waals surface area contributed by atoms with Gasteiger partial charge >= 0.3 is 0 Å². The first-order valence-corrected chi connectivity index (χ1v) is 8.33. The molecular formula is C16H24N2OS. The van der Waals surface area contributed by atoms with Crippen LogP contribution in [0.1, 0.15) is 44.7 Å². The monoisotopic (exact) mass is 292 g/mol. The fraction of sp³-hybridized carbons (Fsp3) is 0.562. The standard InChI is InChI=1S/C16H24N2OS/c1-3-4-8-19-9-5-7-17-13(2)14-11-16-15(18-12-14)6-10-20-16/h6,10-13,17H,3-5,7-9H2,1-2H3. The Labute approximate surface area is 125 Å². The highest BCUT2D eigenvalue weighted by atomic mass is 32.1. The van der Waals surface area contributed by atoms with E-state index in [0.29, 0.717) is 6.04 Å². The first kappa shape index (κ1) is 15.4. The summed E-state index contributed by atoms with van der Waals surface area (Å²) in [5.74, 6) is 0. The van der Waals surface area contributed by atoms with Gasteiger partial charge in [0.15, 0.2) is 0 Å². The number of nitrogens with one attached hydrogen (secondary N) is 1. The minimum atomic E-state index is 0.338. The van der Waals surface area contributed by atoms with Crippen molar-refractivity contribution in [3.05, 3.63) is 29.3 Å². The number of fused-ring (bicyclic) bond motifs is 1. The van der Waals surface area contributed by atoms with E-state index in [-0.39, 0.29) is 0 Å². The Morgan fingerprint density at radius 2 is 2.20 bits per heavy atom. The molecule has 20 heavy (non-hydrogen) atoms. The van der Waals surface area contributed by atoms with Gasteiger partial charge in [-0.2, -0.15) is 0 Å². The van der Waals surface area contributed by atoms with Crippen molar-refractivity contribution >= 4 is 21.6 Å². The smallest absolute Gasteiger partial charge is 0.0809 e. The van der Waals surface area contributed by atoms with Gasteiger partial charge in [-0.15, -0.1) is 11.3 Å². The molecule has 1 unspecified atom stereocenters. The number of hydrogen-bond acceptors (Lipinski definition) is 4. The third kappa shape index (κ3) is 4.54. The summed E-state index contributed by atoms with van der Waals surface area (Å²) in [6, 6.07) is 4.64. The molecular weight excluding hydrogens is 268 g/mol. The van der Waals surface area contributed by atoms with Crippen molar-refractivity contribution in [2.24, 2.45) is 0 Å². The second kappa shape index (κ2) is 8.35. The van der Waals surface area contributed by atoms with Gasteiger partial charge in [0.1, 0.15) is 0 Å². The van der Waals surface area contributed by atoms with Crippen molar-refractivity contribution in [1.82, 2.24) is 10.3 Å². The van der Waals surface area contributed by atoms with Crippen LogP contribution in [0.3, 0.4) is 0 Å². The highest BCUT2D eigenvalue weighted by Crippen LogP contribution is 2.22. The molecule has 0 bridgehead atoms. The number of unbranched alkanes of at least 4 members (excludes halogenated alkanes) is 1. The number of aromatic nitrogens is 1. The van der Waals surface area contributed by atoms with Crippen molar-refractivity contribution in [1.29, 1.82) is 0 Å². The van der Waals surface area contributed by atoms with Crippen LogP contribution in [-0.4, -0.2) is 24.7 Å². The zero-order valence-electron chi connectivity index (χ0n) is 12.4. The van der Waals surface area contributed by atoms with Gasteiger partial charge in [-0.1, -0.05) is 13.3 Å². The molecule has 0 radical (unpaired) electrons. The predicted octanol–water partition coefficient (Wildman–Crippen LogP) is 4.15. The summed E-state index contributed by atoms with van der Waals surface area (Å²) in [6.45, 7) is 7.10. The SMILES string of the molecule is CCCCOCCCNC(C)c1cnc2ccsc2c1. The van der Waals surface area contributed by atoms with E-state index in [1.54, 1.807) is 11.3 Å². The Morgan fingerprint density at radius 1 is 1.35 bits per heavy atom. The fourth-order valence-electron chi connectivity index (χ4n) is 2.06. The normalized spacial score (nSPS) is 12.9. The minimum absolute atomic E-state index is 0.338. The summed E-state index contributed by atoms with van der Waals surface area (Å²) < 4.78 is 6.82. The first-order chi connectivity index (χ1) is 9.81. The van der Waals surface area contributed by atoms with E-state index >= 15 is 0 Å². The van der Waals surface area contributed by atoms with Crippen LogP contribution in [0.4, 0.5) is 0 Å². The molecule has 2 aromatic rings. The summed E-state index contributed by atoms with van der Waals surface area (Å²) in [5, 5.41) is 5.62. The predicted molar refractivity (Wildman–Crippen MR) is 86.4 cm³/mol. The van der Waals surface area contributed by atoms with E-state index in [4.69, 9.17) is 4.74 Å². The van der Waals surface area contributed by atoms with Crippen LogP contribution in [0.5, 0.6) is 0 Å². The quantitative estimate of drug-likeness (QED) is 0.705. The molecule has 0 aliphatic rings. The van der Waals surface area contributed by atoms with Crippen LogP contribution in [0.15, 0.2) is 23.7 Å². The van der Waals surface area contributed by atoms with E-state index in [0.717, 1.165) is 38.1 Å². The molecule has 0 spiro atoms. The van der Waals surface area contributed by atoms with E-state index in [1.165, 1.54) is 16.7 Å². The van der Waals surface area contributed by atoms with E-state index in [2.05, 4.69) is 41.7 Å². The van der Waals surface area contributed by atoms with Crippen LogP contribution < -0.4 is 5.32 Å². The van der Waals surface area contributed by atoms with Crippen LogP contribution in [0.2, 0.25) is 0 Å². The van der Waals surface area contributed by atoms with Crippen LogP contribution in [-0.2, 0) is 4.74 Å². The molecule has 110 valence electrons. The maximum Gasteiger partial charge on any atom is 0.0809 e. The third-order valence-corrected chi connectivity index (χ3v) is 4.24. The van der Waals surface area contributed by atoms with Crippen LogP contribution in [0, 0.1) is 0 Å². The van der Waals surface area contributed by atoms with Crippen molar-refractivity contribution in [2.45, 2.75) is 39.2 Å². The van der Waals surface area contributed by atoms with Crippen LogP contribution >= 0.6 is 11.3 Å². The first-order valence-electron chi connectivity index (χ1n) is 7.45. The third-order valence-electron chi connectivity index (χ3n) is 3.38. The average molecular weight is 292 g/mol. The van der Waals surface area contributed by atoms with Gasteiger partial charge in [0.05, 0.1) is 10.2 Å². The number of ether oxygens (including phenoxy) is 1. The molecule has 2 rings (SSSR count). The Kier molecular flexibility index (Phi) is 6.43. The second-order valence-electron chi connectivity index (χ2n) is 5.07. The van der Waals surface area contributed by atoms with E-state index in [9.17, 15) is 0 Å². The Bertz CT molecular complexity index is 512. The number of thiophene rings is 1. The molecule has 0 aliphatic carbocycles. The molecule has 1 atom stereocenters. The van der Waals surface area contributed by atoms with Crippen molar-refractivity contribution in [3.63, 3.8) is 0 Å². The highest BCUT2D eigenvalue weighted by molar-refractivity contribution is 7.17. The number of nitrogens with zero attached hydrogens (tertiary/aromatic N) is 1. The van der Waals surface area contributed by atoms with Gasteiger partial charge in [-0.25, -0.2) is 0 Å². The van der Waals surface area contributed by atoms with Gasteiger partial charge in [0.2, 0.25) is 0 Å².